The molecule has 1 aromatic rings. The van der Waals surface area contributed by atoms with Crippen LogP contribution in [0.5, 0.6) is 0 Å². The molecule has 0 saturated carbocycles. The van der Waals surface area contributed by atoms with Crippen LogP contribution in [-0.2, 0) is 4.79 Å². The minimum absolute atomic E-state index is 0.324. The molecule has 0 spiro atoms. The SMILES string of the molecule is CC(C)(C)[C@H](NC(=O)[C@@H]1CCCN(c2ncccn2)C1)C(F)(F)F. The Bertz CT molecular complexity index is 543. The molecule has 8 heteroatoms. The minimum Gasteiger partial charge on any atom is -0.344 e. The van der Waals surface area contributed by atoms with Crippen molar-refractivity contribution < 1.29 is 18.0 Å². The number of piperidine rings is 1. The van der Waals surface area contributed by atoms with E-state index < -0.39 is 29.5 Å². The zero-order valence-corrected chi connectivity index (χ0v) is 14.1. The van der Waals surface area contributed by atoms with Gasteiger partial charge in [0.1, 0.15) is 6.04 Å². The fourth-order valence-electron chi connectivity index (χ4n) is 2.88. The van der Waals surface area contributed by atoms with Crippen LogP contribution in [0.2, 0.25) is 0 Å². The monoisotopic (exact) mass is 344 g/mol. The van der Waals surface area contributed by atoms with E-state index >= 15 is 0 Å². The summed E-state index contributed by atoms with van der Waals surface area (Å²) >= 11 is 0. The molecule has 1 amide bonds. The lowest BCUT2D eigenvalue weighted by molar-refractivity contribution is -0.181. The molecular formula is C16H23F3N4O. The Kier molecular flexibility index (Phi) is 5.35. The molecule has 1 aromatic heterocycles. The van der Waals surface area contributed by atoms with E-state index in [1.807, 2.05) is 4.90 Å². The summed E-state index contributed by atoms with van der Waals surface area (Å²) in [5, 5.41) is 2.21. The zero-order valence-electron chi connectivity index (χ0n) is 14.1. The first-order chi connectivity index (χ1) is 11.1. The summed E-state index contributed by atoms with van der Waals surface area (Å²) in [6.07, 6.45) is -0.00611. The number of aromatic nitrogens is 2. The van der Waals surface area contributed by atoms with Gasteiger partial charge >= 0.3 is 6.18 Å². The molecule has 0 bridgehead atoms. The third-order valence-electron chi connectivity index (χ3n) is 4.11. The molecule has 0 aliphatic carbocycles. The second kappa shape index (κ2) is 6.94. The highest BCUT2D eigenvalue weighted by Crippen LogP contribution is 2.33. The Hall–Kier alpha value is -1.86. The molecule has 0 radical (unpaired) electrons. The van der Waals surface area contributed by atoms with E-state index in [1.165, 1.54) is 20.8 Å². The number of nitrogens with one attached hydrogen (secondary N) is 1. The average Bonchev–Trinajstić information content (AvgIpc) is 2.51. The van der Waals surface area contributed by atoms with Crippen LogP contribution in [-0.4, -0.2) is 41.2 Å². The van der Waals surface area contributed by atoms with E-state index in [9.17, 15) is 18.0 Å². The Morgan fingerprint density at radius 2 is 1.92 bits per heavy atom. The average molecular weight is 344 g/mol. The molecule has 2 rings (SSSR count). The molecule has 0 unspecified atom stereocenters. The first-order valence-electron chi connectivity index (χ1n) is 7.98. The fourth-order valence-corrected chi connectivity index (χ4v) is 2.88. The molecule has 2 atom stereocenters. The molecule has 2 heterocycles. The minimum atomic E-state index is -4.48. The summed E-state index contributed by atoms with van der Waals surface area (Å²) < 4.78 is 39.7. The quantitative estimate of drug-likeness (QED) is 0.916. The van der Waals surface area contributed by atoms with Crippen molar-refractivity contribution in [3.05, 3.63) is 18.5 Å². The number of amides is 1. The maximum Gasteiger partial charge on any atom is 0.409 e. The van der Waals surface area contributed by atoms with Crippen LogP contribution in [0.25, 0.3) is 0 Å². The molecular weight excluding hydrogens is 321 g/mol. The summed E-state index contributed by atoms with van der Waals surface area (Å²) in [4.78, 5) is 22.5. The normalized spacial score (nSPS) is 20.6. The van der Waals surface area contributed by atoms with E-state index in [2.05, 4.69) is 15.3 Å². The van der Waals surface area contributed by atoms with Gasteiger partial charge in [0.2, 0.25) is 11.9 Å². The molecule has 1 saturated heterocycles. The van der Waals surface area contributed by atoms with Gasteiger partial charge in [0, 0.05) is 25.5 Å². The van der Waals surface area contributed by atoms with Crippen LogP contribution in [0, 0.1) is 11.3 Å². The third-order valence-corrected chi connectivity index (χ3v) is 4.11. The van der Waals surface area contributed by atoms with Crippen molar-refractivity contribution in [1.82, 2.24) is 15.3 Å². The number of nitrogens with zero attached hydrogens (tertiary/aromatic N) is 3. The summed E-state index contributed by atoms with van der Waals surface area (Å²) in [6, 6.07) is -0.185. The first-order valence-corrected chi connectivity index (χ1v) is 7.98. The van der Waals surface area contributed by atoms with Crippen LogP contribution in [0.4, 0.5) is 19.1 Å². The van der Waals surface area contributed by atoms with Crippen molar-refractivity contribution in [3.63, 3.8) is 0 Å². The summed E-state index contributed by atoms with van der Waals surface area (Å²) in [5.41, 5.74) is -1.11. The third kappa shape index (κ3) is 4.58. The highest BCUT2D eigenvalue weighted by molar-refractivity contribution is 5.80. The van der Waals surface area contributed by atoms with Crippen LogP contribution >= 0.6 is 0 Å². The van der Waals surface area contributed by atoms with Gasteiger partial charge in [-0.3, -0.25) is 4.79 Å². The predicted octanol–water partition coefficient (Wildman–Crippen LogP) is 2.79. The van der Waals surface area contributed by atoms with Crippen molar-refractivity contribution in [3.8, 4) is 0 Å². The van der Waals surface area contributed by atoms with Crippen LogP contribution in [0.3, 0.4) is 0 Å². The molecule has 0 aromatic carbocycles. The maximum absolute atomic E-state index is 13.2. The standard InChI is InChI=1S/C16H23F3N4O/c1-15(2,3)13(16(17,18)19)22-12(24)11-6-4-9-23(10-11)14-20-7-5-8-21-14/h5,7-8,11,13H,4,6,9-10H2,1-3H3,(H,22,24)/t11-,13+/m1/s1. The molecule has 1 aliphatic heterocycles. The highest BCUT2D eigenvalue weighted by atomic mass is 19.4. The van der Waals surface area contributed by atoms with Gasteiger partial charge in [-0.15, -0.1) is 0 Å². The lowest BCUT2D eigenvalue weighted by Crippen LogP contribution is -2.56. The Balaban J connectivity index is 2.06. The van der Waals surface area contributed by atoms with Gasteiger partial charge in [0.25, 0.3) is 0 Å². The highest BCUT2D eigenvalue weighted by Gasteiger charge is 2.48. The number of hydrogen-bond acceptors (Lipinski definition) is 4. The van der Waals surface area contributed by atoms with Gasteiger partial charge < -0.3 is 10.2 Å². The van der Waals surface area contributed by atoms with Gasteiger partial charge in [0.05, 0.1) is 5.92 Å². The predicted molar refractivity (Wildman–Crippen MR) is 84.4 cm³/mol. The van der Waals surface area contributed by atoms with E-state index in [0.717, 1.165) is 0 Å². The molecule has 1 fully saturated rings. The number of carbonyl (C=O) groups excluding carboxylic acids is 1. The van der Waals surface area contributed by atoms with Crippen molar-refractivity contribution in [2.45, 2.75) is 45.8 Å². The molecule has 24 heavy (non-hydrogen) atoms. The summed E-state index contributed by atoms with van der Waals surface area (Å²) in [7, 11) is 0. The van der Waals surface area contributed by atoms with E-state index in [4.69, 9.17) is 0 Å². The van der Waals surface area contributed by atoms with Gasteiger partial charge in [0.15, 0.2) is 0 Å². The summed E-state index contributed by atoms with van der Waals surface area (Å²) in [6.45, 7) is 5.42. The Morgan fingerprint density at radius 1 is 1.29 bits per heavy atom. The maximum atomic E-state index is 13.2. The number of rotatable bonds is 3. The van der Waals surface area contributed by atoms with Crippen molar-refractivity contribution in [2.24, 2.45) is 11.3 Å². The Labute approximate surface area is 139 Å². The smallest absolute Gasteiger partial charge is 0.344 e. The second-order valence-electron chi connectivity index (χ2n) is 7.18. The largest absolute Gasteiger partial charge is 0.409 e. The van der Waals surface area contributed by atoms with E-state index in [0.29, 0.717) is 31.9 Å². The van der Waals surface area contributed by atoms with Crippen molar-refractivity contribution in [1.29, 1.82) is 0 Å². The van der Waals surface area contributed by atoms with Gasteiger partial charge in [-0.05, 0) is 24.3 Å². The van der Waals surface area contributed by atoms with Crippen molar-refractivity contribution in [2.75, 3.05) is 18.0 Å². The van der Waals surface area contributed by atoms with Gasteiger partial charge in [-0.25, -0.2) is 9.97 Å². The lowest BCUT2D eigenvalue weighted by atomic mass is 9.85. The Morgan fingerprint density at radius 3 is 2.46 bits per heavy atom. The van der Waals surface area contributed by atoms with E-state index in [1.54, 1.807) is 18.5 Å². The topological polar surface area (TPSA) is 58.1 Å². The van der Waals surface area contributed by atoms with E-state index in [-0.39, 0.29) is 0 Å². The van der Waals surface area contributed by atoms with Crippen LogP contribution < -0.4 is 10.2 Å². The first kappa shape index (κ1) is 18.5. The molecule has 134 valence electrons. The molecule has 1 N–H and O–H groups in total. The number of halogens is 3. The van der Waals surface area contributed by atoms with Crippen LogP contribution in [0.15, 0.2) is 18.5 Å². The molecule has 1 aliphatic rings. The zero-order chi connectivity index (χ0) is 18.0. The fraction of sp³-hybridized carbons (Fsp3) is 0.688. The number of hydrogen-bond donors (Lipinski definition) is 1. The number of carbonyl (C=O) groups is 1. The number of alkyl halides is 3. The summed E-state index contributed by atoms with van der Waals surface area (Å²) in [5.74, 6) is -0.569. The lowest BCUT2D eigenvalue weighted by Gasteiger charge is -2.36. The second-order valence-corrected chi connectivity index (χ2v) is 7.18. The van der Waals surface area contributed by atoms with Crippen molar-refractivity contribution >= 4 is 11.9 Å². The van der Waals surface area contributed by atoms with Gasteiger partial charge in [-0.1, -0.05) is 20.8 Å². The number of anilines is 1. The van der Waals surface area contributed by atoms with Crippen LogP contribution in [0.1, 0.15) is 33.6 Å². The van der Waals surface area contributed by atoms with Gasteiger partial charge in [-0.2, -0.15) is 13.2 Å². The molecule has 5 nitrogen and oxygen atoms in total.